The van der Waals surface area contributed by atoms with E-state index in [1.165, 1.54) is 0 Å². The number of carboxylic acids is 1. The number of halogens is 1. The number of benzene rings is 2. The summed E-state index contributed by atoms with van der Waals surface area (Å²) < 4.78 is 0. The number of hydrogen-bond donors (Lipinski definition) is 2. The van der Waals surface area contributed by atoms with Crippen LogP contribution in [0, 0.1) is 0 Å². The van der Waals surface area contributed by atoms with Gasteiger partial charge < -0.3 is 10.8 Å². The fourth-order valence-electron chi connectivity index (χ4n) is 1.58. The Labute approximate surface area is 105 Å². The van der Waals surface area contributed by atoms with Crippen LogP contribution < -0.4 is 5.73 Å². The molecule has 0 radical (unpaired) electrons. The van der Waals surface area contributed by atoms with Gasteiger partial charge in [0.25, 0.3) is 0 Å². The second kappa shape index (κ2) is 5.37. The number of nitrogens with two attached hydrogens (primary N) is 1. The zero-order valence-corrected chi connectivity index (χ0v) is 9.78. The minimum Gasteiger partial charge on any atom is -0.478 e. The van der Waals surface area contributed by atoms with Crippen LogP contribution in [0.15, 0.2) is 48.5 Å². The van der Waals surface area contributed by atoms with E-state index in [0.29, 0.717) is 5.69 Å². The number of aromatic carboxylic acids is 1. The molecular formula is C13H12ClNO2. The number of nitrogen functional groups attached to an aromatic ring is 1. The van der Waals surface area contributed by atoms with Crippen molar-refractivity contribution in [3.63, 3.8) is 0 Å². The number of rotatable bonds is 2. The zero-order valence-electron chi connectivity index (χ0n) is 8.96. The summed E-state index contributed by atoms with van der Waals surface area (Å²) in [5.74, 6) is -0.934. The number of carbonyl (C=O) groups is 1. The van der Waals surface area contributed by atoms with Crippen molar-refractivity contribution in [1.29, 1.82) is 0 Å². The maximum atomic E-state index is 10.8. The van der Waals surface area contributed by atoms with Gasteiger partial charge in [0, 0.05) is 11.3 Å². The highest BCUT2D eigenvalue weighted by Gasteiger charge is 2.06. The Hall–Kier alpha value is -2.00. The number of anilines is 1. The van der Waals surface area contributed by atoms with Gasteiger partial charge >= 0.3 is 5.97 Å². The minimum atomic E-state index is -0.934. The zero-order chi connectivity index (χ0) is 11.5. The van der Waals surface area contributed by atoms with Crippen molar-refractivity contribution in [3.8, 4) is 11.1 Å². The fraction of sp³-hybridized carbons (Fsp3) is 0. The molecule has 0 unspecified atom stereocenters. The second-order valence-corrected chi connectivity index (χ2v) is 3.47. The molecule has 0 saturated carbocycles. The largest absolute Gasteiger partial charge is 0.478 e. The van der Waals surface area contributed by atoms with Crippen molar-refractivity contribution in [2.75, 3.05) is 5.73 Å². The first-order valence-corrected chi connectivity index (χ1v) is 4.87. The molecular weight excluding hydrogens is 238 g/mol. The van der Waals surface area contributed by atoms with Crippen molar-refractivity contribution in [1.82, 2.24) is 0 Å². The smallest absolute Gasteiger partial charge is 0.335 e. The van der Waals surface area contributed by atoms with Gasteiger partial charge in [0.2, 0.25) is 0 Å². The molecule has 0 aliphatic rings. The first-order valence-electron chi connectivity index (χ1n) is 4.87. The van der Waals surface area contributed by atoms with Crippen LogP contribution in [-0.4, -0.2) is 11.1 Å². The van der Waals surface area contributed by atoms with E-state index in [2.05, 4.69) is 0 Å². The van der Waals surface area contributed by atoms with Gasteiger partial charge in [0.05, 0.1) is 5.56 Å². The SMILES string of the molecule is Cl.Nc1ccccc1-c1cccc(C(=O)O)c1. The summed E-state index contributed by atoms with van der Waals surface area (Å²) in [5, 5.41) is 8.89. The van der Waals surface area contributed by atoms with Gasteiger partial charge in [-0.3, -0.25) is 0 Å². The highest BCUT2D eigenvalue weighted by atomic mass is 35.5. The lowest BCUT2D eigenvalue weighted by Crippen LogP contribution is -1.96. The van der Waals surface area contributed by atoms with Crippen LogP contribution >= 0.6 is 12.4 Å². The van der Waals surface area contributed by atoms with Crippen LogP contribution in [0.4, 0.5) is 5.69 Å². The standard InChI is InChI=1S/C13H11NO2.ClH/c14-12-7-2-1-6-11(12)9-4-3-5-10(8-9)13(15)16;/h1-8H,14H2,(H,15,16);1H. The molecule has 2 aromatic carbocycles. The monoisotopic (exact) mass is 249 g/mol. The number of carboxylic acid groups (broad SMARTS) is 1. The van der Waals surface area contributed by atoms with E-state index < -0.39 is 5.97 Å². The molecule has 0 aliphatic heterocycles. The van der Waals surface area contributed by atoms with Gasteiger partial charge in [0.1, 0.15) is 0 Å². The van der Waals surface area contributed by atoms with E-state index in [1.54, 1.807) is 24.3 Å². The Balaban J connectivity index is 0.00000144. The normalized spacial score (nSPS) is 9.41. The molecule has 88 valence electrons. The van der Waals surface area contributed by atoms with Crippen molar-refractivity contribution in [2.24, 2.45) is 0 Å². The summed E-state index contributed by atoms with van der Waals surface area (Å²) in [6, 6.07) is 14.1. The van der Waals surface area contributed by atoms with Crippen LogP contribution in [0.3, 0.4) is 0 Å². The maximum Gasteiger partial charge on any atom is 0.335 e. The van der Waals surface area contributed by atoms with Gasteiger partial charge in [-0.25, -0.2) is 4.79 Å². The molecule has 0 bridgehead atoms. The average molecular weight is 250 g/mol. The second-order valence-electron chi connectivity index (χ2n) is 3.47. The van der Waals surface area contributed by atoms with Crippen LogP contribution in [0.1, 0.15) is 10.4 Å². The molecule has 2 aromatic rings. The molecule has 0 saturated heterocycles. The van der Waals surface area contributed by atoms with Gasteiger partial charge in [-0.1, -0.05) is 30.3 Å². The summed E-state index contributed by atoms with van der Waals surface area (Å²) in [4.78, 5) is 10.8. The van der Waals surface area contributed by atoms with Gasteiger partial charge in [-0.05, 0) is 23.8 Å². The van der Waals surface area contributed by atoms with Gasteiger partial charge in [0.15, 0.2) is 0 Å². The average Bonchev–Trinajstić information content (AvgIpc) is 2.30. The van der Waals surface area contributed by atoms with Gasteiger partial charge in [-0.2, -0.15) is 0 Å². The van der Waals surface area contributed by atoms with Crippen molar-refractivity contribution < 1.29 is 9.90 Å². The molecule has 0 atom stereocenters. The summed E-state index contributed by atoms with van der Waals surface area (Å²) >= 11 is 0. The molecule has 0 spiro atoms. The van der Waals surface area contributed by atoms with Crippen LogP contribution in [0.2, 0.25) is 0 Å². The molecule has 0 amide bonds. The van der Waals surface area contributed by atoms with Crippen molar-refractivity contribution in [2.45, 2.75) is 0 Å². The van der Waals surface area contributed by atoms with E-state index >= 15 is 0 Å². The summed E-state index contributed by atoms with van der Waals surface area (Å²) in [6.45, 7) is 0. The van der Waals surface area contributed by atoms with Gasteiger partial charge in [-0.15, -0.1) is 12.4 Å². The van der Waals surface area contributed by atoms with E-state index in [0.717, 1.165) is 11.1 Å². The maximum absolute atomic E-state index is 10.8. The van der Waals surface area contributed by atoms with E-state index in [4.69, 9.17) is 10.8 Å². The Bertz CT molecular complexity index is 540. The first-order chi connectivity index (χ1) is 7.68. The van der Waals surface area contributed by atoms with Crippen LogP contribution in [0.25, 0.3) is 11.1 Å². The van der Waals surface area contributed by atoms with Crippen LogP contribution in [0.5, 0.6) is 0 Å². The predicted molar refractivity (Wildman–Crippen MR) is 70.5 cm³/mol. The van der Waals surface area contributed by atoms with Crippen molar-refractivity contribution in [3.05, 3.63) is 54.1 Å². The minimum absolute atomic E-state index is 0. The molecule has 17 heavy (non-hydrogen) atoms. The molecule has 0 aliphatic carbocycles. The Morgan fingerprint density at radius 2 is 1.76 bits per heavy atom. The lowest BCUT2D eigenvalue weighted by Gasteiger charge is -2.05. The highest BCUT2D eigenvalue weighted by Crippen LogP contribution is 2.25. The quantitative estimate of drug-likeness (QED) is 0.804. The molecule has 2 rings (SSSR count). The topological polar surface area (TPSA) is 63.3 Å². The molecule has 0 heterocycles. The van der Waals surface area contributed by atoms with E-state index in [-0.39, 0.29) is 18.0 Å². The molecule has 0 aromatic heterocycles. The third-order valence-electron chi connectivity index (χ3n) is 2.38. The Morgan fingerprint density at radius 3 is 2.41 bits per heavy atom. The fourth-order valence-corrected chi connectivity index (χ4v) is 1.58. The molecule has 0 fully saturated rings. The summed E-state index contributed by atoms with van der Waals surface area (Å²) in [7, 11) is 0. The first kappa shape index (κ1) is 13.1. The Kier molecular flexibility index (Phi) is 4.12. The Morgan fingerprint density at radius 1 is 1.06 bits per heavy atom. The number of para-hydroxylation sites is 1. The number of hydrogen-bond acceptors (Lipinski definition) is 2. The highest BCUT2D eigenvalue weighted by molar-refractivity contribution is 5.90. The lowest BCUT2D eigenvalue weighted by molar-refractivity contribution is 0.0697. The third kappa shape index (κ3) is 2.77. The molecule has 4 heteroatoms. The van der Waals surface area contributed by atoms with E-state index in [9.17, 15) is 4.79 Å². The van der Waals surface area contributed by atoms with Crippen LogP contribution in [-0.2, 0) is 0 Å². The van der Waals surface area contributed by atoms with Crippen molar-refractivity contribution >= 4 is 24.1 Å². The third-order valence-corrected chi connectivity index (χ3v) is 2.38. The lowest BCUT2D eigenvalue weighted by atomic mass is 10.0. The van der Waals surface area contributed by atoms with E-state index in [1.807, 2.05) is 24.3 Å². The molecule has 3 N–H and O–H groups in total. The summed E-state index contributed by atoms with van der Waals surface area (Å²) in [6.07, 6.45) is 0. The predicted octanol–water partition coefficient (Wildman–Crippen LogP) is 3.06. The summed E-state index contributed by atoms with van der Waals surface area (Å²) in [5.41, 5.74) is 8.41. The molecule has 3 nitrogen and oxygen atoms in total.